The van der Waals surface area contributed by atoms with Gasteiger partial charge in [0.25, 0.3) is 0 Å². The van der Waals surface area contributed by atoms with Gasteiger partial charge in [0.2, 0.25) is 0 Å². The van der Waals surface area contributed by atoms with Crippen molar-refractivity contribution < 1.29 is 19.5 Å². The minimum Gasteiger partial charge on any atom is 0 e. The molecule has 0 aromatic rings. The summed E-state index contributed by atoms with van der Waals surface area (Å²) in [5, 5.41) is 26.0. The SMILES string of the molecule is C#N.C#N.C#N.C#N.[NaH].[Zn]. The van der Waals surface area contributed by atoms with Gasteiger partial charge in [-0.05, 0) is 0 Å². The van der Waals surface area contributed by atoms with E-state index in [1.165, 1.54) is 0 Å². The monoisotopic (exact) mass is 196 g/mol. The van der Waals surface area contributed by atoms with E-state index in [0.29, 0.717) is 0 Å². The van der Waals surface area contributed by atoms with Crippen molar-refractivity contribution in [3.05, 3.63) is 0 Å². The van der Waals surface area contributed by atoms with E-state index in [-0.39, 0.29) is 49.0 Å². The summed E-state index contributed by atoms with van der Waals surface area (Å²) >= 11 is 0. The van der Waals surface area contributed by atoms with Crippen LogP contribution in [-0.2, 0) is 19.5 Å². The number of hydrogen-bond donors (Lipinski definition) is 0. The van der Waals surface area contributed by atoms with Crippen LogP contribution in [0.3, 0.4) is 0 Å². The van der Waals surface area contributed by atoms with Crippen LogP contribution >= 0.6 is 0 Å². The van der Waals surface area contributed by atoms with Crippen LogP contribution in [-0.4, -0.2) is 29.6 Å². The second-order valence-corrected chi connectivity index (χ2v) is 0. The van der Waals surface area contributed by atoms with E-state index >= 15 is 0 Å². The van der Waals surface area contributed by atoms with Crippen molar-refractivity contribution in [3.8, 4) is 26.3 Å². The molecule has 0 aliphatic heterocycles. The maximum absolute atomic E-state index is 6.50. The first-order valence-corrected chi connectivity index (χ1v) is 1.03. The van der Waals surface area contributed by atoms with Gasteiger partial charge in [0, 0.05) is 45.8 Å². The normalized spacial score (nSPS) is 0.800. The average molecular weight is 197 g/mol. The molecule has 0 saturated heterocycles. The summed E-state index contributed by atoms with van der Waals surface area (Å²) < 4.78 is 0. The molecular formula is C4H5N4NaZn. The van der Waals surface area contributed by atoms with Gasteiger partial charge in [-0.3, -0.25) is 0 Å². The quantitative estimate of drug-likeness (QED) is 0.507. The smallest absolute Gasteiger partial charge is 0 e. The zero-order chi connectivity index (χ0) is 8.00. The fourth-order valence-electron chi connectivity index (χ4n) is 0. The molecule has 0 fully saturated rings. The molecular weight excluding hydrogens is 192 g/mol. The molecule has 10 heavy (non-hydrogen) atoms. The summed E-state index contributed by atoms with van der Waals surface area (Å²) in [4.78, 5) is 0. The van der Waals surface area contributed by atoms with Gasteiger partial charge in [-0.1, -0.05) is 0 Å². The van der Waals surface area contributed by atoms with Crippen LogP contribution in [0.4, 0.5) is 0 Å². The van der Waals surface area contributed by atoms with E-state index in [1.54, 1.807) is 0 Å². The third kappa shape index (κ3) is 1890. The Kier molecular flexibility index (Phi) is 15600. The zero-order valence-corrected chi connectivity index (χ0v) is 7.77. The van der Waals surface area contributed by atoms with Gasteiger partial charge in [0.15, 0.2) is 0 Å². The summed E-state index contributed by atoms with van der Waals surface area (Å²) in [6.07, 6.45) is 0. The molecule has 0 N–H and O–H groups in total. The van der Waals surface area contributed by atoms with Crippen molar-refractivity contribution in [2.45, 2.75) is 0 Å². The average Bonchev–Trinajstić information content (AvgIpc) is 2.03. The number of nitrogens with zero attached hydrogens (tertiary/aromatic N) is 4. The third-order valence-corrected chi connectivity index (χ3v) is 0. The summed E-state index contributed by atoms with van der Waals surface area (Å²) in [6.45, 7) is 14.0. The van der Waals surface area contributed by atoms with Crippen molar-refractivity contribution in [2.75, 3.05) is 0 Å². The van der Waals surface area contributed by atoms with Crippen LogP contribution in [0.15, 0.2) is 0 Å². The molecule has 0 atom stereocenters. The van der Waals surface area contributed by atoms with Crippen molar-refractivity contribution in [3.63, 3.8) is 0 Å². The molecule has 0 aromatic heterocycles. The molecule has 0 radical (unpaired) electrons. The molecule has 0 bridgehead atoms. The Bertz CT molecular complexity index is 60.2. The Morgan fingerprint density at radius 1 is 0.500 bits per heavy atom. The van der Waals surface area contributed by atoms with Gasteiger partial charge >= 0.3 is 29.6 Å². The fourth-order valence-corrected chi connectivity index (χ4v) is 0. The van der Waals surface area contributed by atoms with Crippen LogP contribution in [0.1, 0.15) is 0 Å². The predicted octanol–water partition coefficient (Wildman–Crippen LogP) is -0.0919. The zero-order valence-electron chi connectivity index (χ0n) is 4.81. The molecule has 0 amide bonds. The second-order valence-electron chi connectivity index (χ2n) is 0. The van der Waals surface area contributed by atoms with Crippen molar-refractivity contribution >= 4 is 29.6 Å². The Hall–Kier alpha value is -0.417. The van der Waals surface area contributed by atoms with Crippen molar-refractivity contribution in [2.24, 2.45) is 0 Å². The Labute approximate surface area is 95.7 Å². The van der Waals surface area contributed by atoms with Crippen LogP contribution in [0.2, 0.25) is 0 Å². The maximum atomic E-state index is 6.50. The van der Waals surface area contributed by atoms with Gasteiger partial charge in [-0.15, -0.1) is 0 Å². The molecule has 44 valence electrons. The molecule has 0 spiro atoms. The fraction of sp³-hybridized carbons (Fsp3) is 0. The van der Waals surface area contributed by atoms with Crippen molar-refractivity contribution in [1.29, 1.82) is 21.0 Å². The second kappa shape index (κ2) is 2840. The summed E-state index contributed by atoms with van der Waals surface area (Å²) in [5.41, 5.74) is 0. The van der Waals surface area contributed by atoms with E-state index in [2.05, 4.69) is 26.3 Å². The maximum Gasteiger partial charge on any atom is 0 e. The number of nitriles is 4. The van der Waals surface area contributed by atoms with E-state index in [1.807, 2.05) is 0 Å². The molecule has 4 nitrogen and oxygen atoms in total. The van der Waals surface area contributed by atoms with Gasteiger partial charge in [-0.2, -0.15) is 0 Å². The van der Waals surface area contributed by atoms with Crippen LogP contribution in [0, 0.1) is 47.3 Å². The molecule has 0 saturated carbocycles. The Morgan fingerprint density at radius 2 is 0.500 bits per heavy atom. The molecule has 6 heteroatoms. The summed E-state index contributed by atoms with van der Waals surface area (Å²) in [7, 11) is 0. The van der Waals surface area contributed by atoms with Gasteiger partial charge in [0.05, 0.1) is 0 Å². The van der Waals surface area contributed by atoms with Gasteiger partial charge < -0.3 is 0 Å². The first-order chi connectivity index (χ1) is 4.00. The third-order valence-electron chi connectivity index (χ3n) is 0. The van der Waals surface area contributed by atoms with E-state index in [4.69, 9.17) is 21.0 Å². The van der Waals surface area contributed by atoms with E-state index in [9.17, 15) is 0 Å². The largest absolute Gasteiger partial charge is 0 e. The van der Waals surface area contributed by atoms with E-state index in [0.717, 1.165) is 0 Å². The molecule has 0 heterocycles. The summed E-state index contributed by atoms with van der Waals surface area (Å²) in [6, 6.07) is 0. The molecule has 0 aliphatic carbocycles. The minimum absolute atomic E-state index is 0. The predicted molar refractivity (Wildman–Crippen MR) is 33.8 cm³/mol. The van der Waals surface area contributed by atoms with Gasteiger partial charge in [-0.25, -0.2) is 21.0 Å². The molecule has 0 aromatic carbocycles. The topological polar surface area (TPSA) is 95.2 Å². The Balaban J connectivity index is -0.00000000500. The molecule has 0 unspecified atom stereocenters. The van der Waals surface area contributed by atoms with E-state index < -0.39 is 0 Å². The summed E-state index contributed by atoms with van der Waals surface area (Å²) in [5.74, 6) is 0. The number of rotatable bonds is 0. The van der Waals surface area contributed by atoms with Crippen LogP contribution < -0.4 is 0 Å². The molecule has 0 aliphatic rings. The standard InChI is InChI=1S/4CHN.Na.Zn.H/c4*1-2;;;/h4*1H;;;. The minimum atomic E-state index is 0. The van der Waals surface area contributed by atoms with Crippen LogP contribution in [0.5, 0.6) is 0 Å². The van der Waals surface area contributed by atoms with Gasteiger partial charge in [0.1, 0.15) is 0 Å². The Morgan fingerprint density at radius 3 is 0.500 bits per heavy atom. The first kappa shape index (κ1) is 55.0. The van der Waals surface area contributed by atoms with Crippen LogP contribution in [0.25, 0.3) is 0 Å². The van der Waals surface area contributed by atoms with Crippen molar-refractivity contribution in [1.82, 2.24) is 0 Å². The first-order valence-electron chi connectivity index (χ1n) is 1.03. The molecule has 0 rings (SSSR count). The number of hydrogen-bond acceptors (Lipinski definition) is 4.